The highest BCUT2D eigenvalue weighted by Gasteiger charge is 2.34. The van der Waals surface area contributed by atoms with Gasteiger partial charge in [0.1, 0.15) is 11.8 Å². The summed E-state index contributed by atoms with van der Waals surface area (Å²) in [6.07, 6.45) is 1.59. The normalized spacial score (nSPS) is 17.5. The second-order valence-corrected chi connectivity index (χ2v) is 5.99. The van der Waals surface area contributed by atoms with Crippen molar-refractivity contribution in [1.82, 2.24) is 9.80 Å². The summed E-state index contributed by atoms with van der Waals surface area (Å²) < 4.78 is 5.71. The Bertz CT molecular complexity index is 549. The molecule has 1 fully saturated rings. The monoisotopic (exact) mass is 304 g/mol. The average molecular weight is 304 g/mol. The predicted molar refractivity (Wildman–Crippen MR) is 84.8 cm³/mol. The number of benzene rings is 1. The van der Waals surface area contributed by atoms with E-state index in [4.69, 9.17) is 4.74 Å². The van der Waals surface area contributed by atoms with Crippen LogP contribution < -0.4 is 4.74 Å². The molecule has 0 N–H and O–H groups in total. The van der Waals surface area contributed by atoms with Crippen LogP contribution in [0.15, 0.2) is 18.2 Å². The molecule has 5 heteroatoms. The fraction of sp³-hybridized carbons (Fsp3) is 0.529. The van der Waals surface area contributed by atoms with Gasteiger partial charge in [0.2, 0.25) is 5.91 Å². The lowest BCUT2D eigenvalue weighted by Crippen LogP contribution is -2.47. The molecule has 1 aromatic carbocycles. The predicted octanol–water partition coefficient (Wildman–Crippen LogP) is 1.76. The van der Waals surface area contributed by atoms with Crippen molar-refractivity contribution >= 4 is 11.8 Å². The van der Waals surface area contributed by atoms with Crippen molar-refractivity contribution in [3.63, 3.8) is 0 Å². The molecule has 5 nitrogen and oxygen atoms in total. The van der Waals surface area contributed by atoms with Gasteiger partial charge in [-0.1, -0.05) is 18.2 Å². The number of likely N-dealkylation sites (tertiary alicyclic amines) is 1. The van der Waals surface area contributed by atoms with Crippen LogP contribution in [0.4, 0.5) is 0 Å². The quantitative estimate of drug-likeness (QED) is 0.851. The number of likely N-dealkylation sites (N-methyl/N-ethyl adjacent to an activating group) is 1. The first-order valence-electron chi connectivity index (χ1n) is 7.61. The molecule has 1 aliphatic rings. The summed E-state index contributed by atoms with van der Waals surface area (Å²) in [7, 11) is 3.44. The Morgan fingerprint density at radius 3 is 2.50 bits per heavy atom. The summed E-state index contributed by atoms with van der Waals surface area (Å²) in [6, 6.07) is 5.54. The molecule has 1 aliphatic heterocycles. The van der Waals surface area contributed by atoms with Gasteiger partial charge in [-0.05, 0) is 37.8 Å². The standard InChI is InChI=1S/C17H24N2O3/c1-12-7-5-8-13(2)16(12)22-11-15(20)19-10-6-9-14(19)17(21)18(3)4/h5,7-8,14H,6,9-11H2,1-4H3. The van der Waals surface area contributed by atoms with Crippen LogP contribution in [0.25, 0.3) is 0 Å². The lowest BCUT2D eigenvalue weighted by Gasteiger charge is -2.26. The van der Waals surface area contributed by atoms with Gasteiger partial charge >= 0.3 is 0 Å². The second-order valence-electron chi connectivity index (χ2n) is 5.99. The number of amides is 2. The minimum atomic E-state index is -0.343. The Hall–Kier alpha value is -2.04. The fourth-order valence-corrected chi connectivity index (χ4v) is 2.86. The van der Waals surface area contributed by atoms with Crippen molar-refractivity contribution in [2.75, 3.05) is 27.2 Å². The summed E-state index contributed by atoms with van der Waals surface area (Å²) in [5.41, 5.74) is 2.02. The minimum Gasteiger partial charge on any atom is -0.483 e. The van der Waals surface area contributed by atoms with Crippen LogP contribution in [0.5, 0.6) is 5.75 Å². The van der Waals surface area contributed by atoms with Crippen LogP contribution >= 0.6 is 0 Å². The number of carbonyl (C=O) groups excluding carboxylic acids is 2. The molecule has 0 spiro atoms. The number of aryl methyl sites for hydroxylation is 2. The Labute approximate surface area is 131 Å². The molecule has 2 amide bonds. The van der Waals surface area contributed by atoms with Gasteiger partial charge < -0.3 is 14.5 Å². The summed E-state index contributed by atoms with van der Waals surface area (Å²) in [6.45, 7) is 4.52. The first-order chi connectivity index (χ1) is 10.4. The third kappa shape index (κ3) is 3.40. The van der Waals surface area contributed by atoms with Gasteiger partial charge in [-0.25, -0.2) is 0 Å². The van der Waals surface area contributed by atoms with E-state index in [0.717, 1.165) is 29.7 Å². The smallest absolute Gasteiger partial charge is 0.261 e. The maximum atomic E-state index is 12.4. The number of nitrogens with zero attached hydrogens (tertiary/aromatic N) is 2. The number of ether oxygens (including phenoxy) is 1. The van der Waals surface area contributed by atoms with Crippen molar-refractivity contribution in [1.29, 1.82) is 0 Å². The van der Waals surface area contributed by atoms with Gasteiger partial charge in [-0.3, -0.25) is 9.59 Å². The van der Waals surface area contributed by atoms with Crippen LogP contribution in [-0.2, 0) is 9.59 Å². The molecule has 0 bridgehead atoms. The minimum absolute atomic E-state index is 0.0158. The van der Waals surface area contributed by atoms with Crippen LogP contribution in [-0.4, -0.2) is 54.9 Å². The second kappa shape index (κ2) is 6.81. The van der Waals surface area contributed by atoms with Crippen LogP contribution in [0, 0.1) is 13.8 Å². The van der Waals surface area contributed by atoms with E-state index < -0.39 is 0 Å². The zero-order valence-electron chi connectivity index (χ0n) is 13.8. The number of hydrogen-bond donors (Lipinski definition) is 0. The Morgan fingerprint density at radius 1 is 1.27 bits per heavy atom. The Kier molecular flexibility index (Phi) is 5.06. The summed E-state index contributed by atoms with van der Waals surface area (Å²) in [5, 5.41) is 0. The number of carbonyl (C=O) groups is 2. The van der Waals surface area contributed by atoms with E-state index >= 15 is 0 Å². The summed E-state index contributed by atoms with van der Waals surface area (Å²) in [5.74, 6) is 0.615. The number of rotatable bonds is 4. The number of hydrogen-bond acceptors (Lipinski definition) is 3. The van der Waals surface area contributed by atoms with E-state index in [1.807, 2.05) is 32.0 Å². The molecule has 22 heavy (non-hydrogen) atoms. The molecule has 1 atom stereocenters. The topological polar surface area (TPSA) is 49.9 Å². The molecule has 1 aromatic rings. The SMILES string of the molecule is Cc1cccc(C)c1OCC(=O)N1CCCC1C(=O)N(C)C. The lowest BCUT2D eigenvalue weighted by molar-refractivity contribution is -0.143. The third-order valence-electron chi connectivity index (χ3n) is 4.05. The summed E-state index contributed by atoms with van der Waals surface area (Å²) >= 11 is 0. The highest BCUT2D eigenvalue weighted by Crippen LogP contribution is 2.23. The van der Waals surface area contributed by atoms with Crippen molar-refractivity contribution in [3.8, 4) is 5.75 Å². The fourth-order valence-electron chi connectivity index (χ4n) is 2.86. The molecule has 0 aliphatic carbocycles. The zero-order valence-corrected chi connectivity index (χ0v) is 13.8. The van der Waals surface area contributed by atoms with E-state index in [2.05, 4.69) is 0 Å². The van der Waals surface area contributed by atoms with Gasteiger partial charge in [-0.2, -0.15) is 0 Å². The van der Waals surface area contributed by atoms with Crippen LogP contribution in [0.2, 0.25) is 0 Å². The van der Waals surface area contributed by atoms with E-state index in [-0.39, 0.29) is 24.5 Å². The highest BCUT2D eigenvalue weighted by atomic mass is 16.5. The van der Waals surface area contributed by atoms with Crippen LogP contribution in [0.3, 0.4) is 0 Å². The molecular formula is C17H24N2O3. The molecule has 0 saturated carbocycles. The maximum absolute atomic E-state index is 12.4. The lowest BCUT2D eigenvalue weighted by atomic mass is 10.1. The van der Waals surface area contributed by atoms with Gasteiger partial charge in [-0.15, -0.1) is 0 Å². The molecule has 1 heterocycles. The Morgan fingerprint density at radius 2 is 1.91 bits per heavy atom. The van der Waals surface area contributed by atoms with E-state index in [9.17, 15) is 9.59 Å². The van der Waals surface area contributed by atoms with E-state index in [1.54, 1.807) is 23.9 Å². The molecular weight excluding hydrogens is 280 g/mol. The third-order valence-corrected chi connectivity index (χ3v) is 4.05. The molecule has 1 unspecified atom stereocenters. The maximum Gasteiger partial charge on any atom is 0.261 e. The first kappa shape index (κ1) is 16.3. The first-order valence-corrected chi connectivity index (χ1v) is 7.61. The van der Waals surface area contributed by atoms with Crippen molar-refractivity contribution in [2.45, 2.75) is 32.7 Å². The van der Waals surface area contributed by atoms with Gasteiger partial charge in [0.15, 0.2) is 6.61 Å². The van der Waals surface area contributed by atoms with Crippen LogP contribution in [0.1, 0.15) is 24.0 Å². The zero-order chi connectivity index (χ0) is 16.3. The van der Waals surface area contributed by atoms with Gasteiger partial charge in [0, 0.05) is 20.6 Å². The number of para-hydroxylation sites is 1. The molecule has 1 saturated heterocycles. The molecule has 0 aromatic heterocycles. The highest BCUT2D eigenvalue weighted by molar-refractivity contribution is 5.88. The van der Waals surface area contributed by atoms with E-state index in [0.29, 0.717) is 6.54 Å². The van der Waals surface area contributed by atoms with Gasteiger partial charge in [0.05, 0.1) is 0 Å². The average Bonchev–Trinajstić information content (AvgIpc) is 2.94. The van der Waals surface area contributed by atoms with Crippen molar-refractivity contribution < 1.29 is 14.3 Å². The molecule has 2 rings (SSSR count). The Balaban J connectivity index is 2.01. The summed E-state index contributed by atoms with van der Waals surface area (Å²) in [4.78, 5) is 27.7. The van der Waals surface area contributed by atoms with E-state index in [1.165, 1.54) is 0 Å². The van der Waals surface area contributed by atoms with Crippen molar-refractivity contribution in [2.24, 2.45) is 0 Å². The van der Waals surface area contributed by atoms with Gasteiger partial charge in [0.25, 0.3) is 5.91 Å². The molecule has 0 radical (unpaired) electrons. The molecule has 120 valence electrons. The largest absolute Gasteiger partial charge is 0.483 e. The van der Waals surface area contributed by atoms with Crippen molar-refractivity contribution in [3.05, 3.63) is 29.3 Å².